The first kappa shape index (κ1) is 13.0. The van der Waals surface area contributed by atoms with Crippen LogP contribution in [0.3, 0.4) is 0 Å². The Hall–Kier alpha value is -1.42. The second-order valence-electron chi connectivity index (χ2n) is 4.23. The van der Waals surface area contributed by atoms with Crippen molar-refractivity contribution in [2.24, 2.45) is 0 Å². The lowest BCUT2D eigenvalue weighted by atomic mass is 10.1. The molecule has 0 bridgehead atoms. The zero-order valence-corrected chi connectivity index (χ0v) is 11.5. The van der Waals surface area contributed by atoms with Gasteiger partial charge in [0, 0.05) is 23.9 Å². The topological polar surface area (TPSA) is 43.6 Å². The normalized spacial score (nSPS) is 10.8. The van der Waals surface area contributed by atoms with E-state index in [1.165, 1.54) is 6.33 Å². The lowest BCUT2D eigenvalue weighted by Crippen LogP contribution is -1.97. The van der Waals surface area contributed by atoms with Crippen molar-refractivity contribution >= 4 is 11.6 Å². The van der Waals surface area contributed by atoms with Crippen molar-refractivity contribution in [1.29, 1.82) is 0 Å². The molecule has 18 heavy (non-hydrogen) atoms. The molecule has 0 fully saturated rings. The largest absolute Gasteiger partial charge is 0.272 e. The smallest absolute Gasteiger partial charge is 0.136 e. The van der Waals surface area contributed by atoms with E-state index in [0.717, 1.165) is 42.6 Å². The Morgan fingerprint density at radius 1 is 1.22 bits per heavy atom. The van der Waals surface area contributed by atoms with E-state index in [2.05, 4.69) is 28.9 Å². The second kappa shape index (κ2) is 5.96. The molecule has 0 saturated carbocycles. The maximum Gasteiger partial charge on any atom is 0.136 e. The molecule has 2 rings (SSSR count). The van der Waals surface area contributed by atoms with E-state index in [1.807, 2.05) is 17.1 Å². The second-order valence-corrected chi connectivity index (χ2v) is 4.59. The molecule has 2 aromatic rings. The van der Waals surface area contributed by atoms with Crippen molar-refractivity contribution in [1.82, 2.24) is 19.7 Å². The molecule has 0 unspecified atom stereocenters. The van der Waals surface area contributed by atoms with Crippen LogP contribution in [0.5, 0.6) is 0 Å². The van der Waals surface area contributed by atoms with Crippen molar-refractivity contribution in [3.8, 4) is 11.3 Å². The van der Waals surface area contributed by atoms with E-state index in [9.17, 15) is 0 Å². The van der Waals surface area contributed by atoms with Gasteiger partial charge in [0.1, 0.15) is 11.5 Å². The first-order chi connectivity index (χ1) is 8.76. The highest BCUT2D eigenvalue weighted by molar-refractivity contribution is 6.30. The first-order valence-electron chi connectivity index (χ1n) is 6.28. The highest BCUT2D eigenvalue weighted by atomic mass is 35.5. The summed E-state index contributed by atoms with van der Waals surface area (Å²) >= 11 is 6.15. The van der Waals surface area contributed by atoms with E-state index in [0.29, 0.717) is 5.15 Å². The molecule has 0 saturated heterocycles. The lowest BCUT2D eigenvalue weighted by Gasteiger charge is -2.06. The molecular formula is C13H17ClN4. The number of nitrogens with zero attached hydrogens (tertiary/aromatic N) is 4. The summed E-state index contributed by atoms with van der Waals surface area (Å²) in [7, 11) is 0. The number of hydrogen-bond donors (Lipinski definition) is 0. The summed E-state index contributed by atoms with van der Waals surface area (Å²) in [5.74, 6) is 0. The molecule has 0 aromatic carbocycles. The molecule has 5 heteroatoms. The van der Waals surface area contributed by atoms with Gasteiger partial charge in [-0.1, -0.05) is 31.9 Å². The molecule has 0 aliphatic heterocycles. The van der Waals surface area contributed by atoms with Crippen molar-refractivity contribution in [3.05, 3.63) is 29.4 Å². The Morgan fingerprint density at radius 3 is 2.78 bits per heavy atom. The van der Waals surface area contributed by atoms with Crippen molar-refractivity contribution in [2.45, 2.75) is 39.7 Å². The summed E-state index contributed by atoms with van der Waals surface area (Å²) in [6.07, 6.45) is 8.33. The van der Waals surface area contributed by atoms with Gasteiger partial charge in [-0.3, -0.25) is 4.68 Å². The molecule has 0 atom stereocenters. The zero-order chi connectivity index (χ0) is 13.0. The predicted molar refractivity (Wildman–Crippen MR) is 72.5 cm³/mol. The number of aromatic nitrogens is 4. The van der Waals surface area contributed by atoms with E-state index < -0.39 is 0 Å². The number of aryl methyl sites for hydroxylation is 1. The van der Waals surface area contributed by atoms with Crippen LogP contribution < -0.4 is 0 Å². The molecule has 4 nitrogen and oxygen atoms in total. The Morgan fingerprint density at radius 2 is 2.06 bits per heavy atom. The minimum absolute atomic E-state index is 0.546. The van der Waals surface area contributed by atoms with Gasteiger partial charge in [-0.2, -0.15) is 5.10 Å². The van der Waals surface area contributed by atoms with Gasteiger partial charge >= 0.3 is 0 Å². The van der Waals surface area contributed by atoms with Crippen molar-refractivity contribution < 1.29 is 0 Å². The van der Waals surface area contributed by atoms with Crippen LogP contribution in [0.15, 0.2) is 18.7 Å². The van der Waals surface area contributed by atoms with Gasteiger partial charge in [-0.25, -0.2) is 9.97 Å². The van der Waals surface area contributed by atoms with Crippen LogP contribution in [-0.2, 0) is 13.0 Å². The van der Waals surface area contributed by atoms with Crippen LogP contribution >= 0.6 is 11.6 Å². The summed E-state index contributed by atoms with van der Waals surface area (Å²) in [4.78, 5) is 8.41. The summed E-state index contributed by atoms with van der Waals surface area (Å²) in [5, 5.41) is 4.87. The maximum absolute atomic E-state index is 6.15. The average molecular weight is 265 g/mol. The molecule has 0 N–H and O–H groups in total. The summed E-state index contributed by atoms with van der Waals surface area (Å²) in [6, 6.07) is 0. The molecule has 0 radical (unpaired) electrons. The van der Waals surface area contributed by atoms with Gasteiger partial charge in [0.15, 0.2) is 0 Å². The highest BCUT2D eigenvalue weighted by Crippen LogP contribution is 2.26. The van der Waals surface area contributed by atoms with Gasteiger partial charge < -0.3 is 0 Å². The van der Waals surface area contributed by atoms with E-state index in [1.54, 1.807) is 0 Å². The fourth-order valence-electron chi connectivity index (χ4n) is 1.95. The molecule has 0 aliphatic carbocycles. The SMILES string of the molecule is CCCc1c(Cl)ncnc1-c1cnn(CCC)c1. The predicted octanol–water partition coefficient (Wildman–Crippen LogP) is 3.36. The lowest BCUT2D eigenvalue weighted by molar-refractivity contribution is 0.603. The highest BCUT2D eigenvalue weighted by Gasteiger charge is 2.12. The molecule has 96 valence electrons. The van der Waals surface area contributed by atoms with Crippen LogP contribution in [0.25, 0.3) is 11.3 Å². The van der Waals surface area contributed by atoms with E-state index >= 15 is 0 Å². The quantitative estimate of drug-likeness (QED) is 0.778. The third-order valence-electron chi connectivity index (χ3n) is 2.75. The third kappa shape index (κ3) is 2.70. The Balaban J connectivity index is 2.39. The van der Waals surface area contributed by atoms with Gasteiger partial charge in [-0.05, 0) is 12.8 Å². The van der Waals surface area contributed by atoms with E-state index in [4.69, 9.17) is 11.6 Å². The van der Waals surface area contributed by atoms with Crippen molar-refractivity contribution in [2.75, 3.05) is 0 Å². The molecule has 0 spiro atoms. The molecular weight excluding hydrogens is 248 g/mol. The van der Waals surface area contributed by atoms with Gasteiger partial charge in [0.2, 0.25) is 0 Å². The number of hydrogen-bond acceptors (Lipinski definition) is 3. The summed E-state index contributed by atoms with van der Waals surface area (Å²) in [6.45, 7) is 5.17. The van der Waals surface area contributed by atoms with Crippen LogP contribution in [0.2, 0.25) is 5.15 Å². The van der Waals surface area contributed by atoms with Crippen LogP contribution in [0.1, 0.15) is 32.3 Å². The fourth-order valence-corrected chi connectivity index (χ4v) is 2.18. The number of rotatable bonds is 5. The molecule has 0 aliphatic rings. The summed E-state index contributed by atoms with van der Waals surface area (Å²) in [5.41, 5.74) is 2.92. The van der Waals surface area contributed by atoms with Crippen LogP contribution in [-0.4, -0.2) is 19.7 Å². The maximum atomic E-state index is 6.15. The monoisotopic (exact) mass is 264 g/mol. The molecule has 0 amide bonds. The Labute approximate surface area is 112 Å². The molecule has 2 heterocycles. The number of halogens is 1. The third-order valence-corrected chi connectivity index (χ3v) is 3.08. The zero-order valence-electron chi connectivity index (χ0n) is 10.7. The minimum atomic E-state index is 0.546. The summed E-state index contributed by atoms with van der Waals surface area (Å²) < 4.78 is 1.93. The van der Waals surface area contributed by atoms with Gasteiger partial charge in [-0.15, -0.1) is 0 Å². The van der Waals surface area contributed by atoms with Crippen LogP contribution in [0, 0.1) is 0 Å². The minimum Gasteiger partial charge on any atom is -0.272 e. The fraction of sp³-hybridized carbons (Fsp3) is 0.462. The van der Waals surface area contributed by atoms with Crippen LogP contribution in [0.4, 0.5) is 0 Å². The van der Waals surface area contributed by atoms with Gasteiger partial charge in [0.05, 0.1) is 11.9 Å². The Bertz CT molecular complexity index is 521. The molecule has 2 aromatic heterocycles. The Kier molecular flexibility index (Phi) is 4.31. The van der Waals surface area contributed by atoms with E-state index in [-0.39, 0.29) is 0 Å². The average Bonchev–Trinajstić information content (AvgIpc) is 2.81. The van der Waals surface area contributed by atoms with Gasteiger partial charge in [0.25, 0.3) is 0 Å². The first-order valence-corrected chi connectivity index (χ1v) is 6.66. The standard InChI is InChI=1S/C13H17ClN4/c1-3-5-11-12(15-9-16-13(11)14)10-7-17-18(8-10)6-4-2/h7-9H,3-6H2,1-2H3. The van der Waals surface area contributed by atoms with Crippen molar-refractivity contribution in [3.63, 3.8) is 0 Å².